The molecule has 0 radical (unpaired) electrons. The first-order valence-corrected chi connectivity index (χ1v) is 8.62. The minimum Gasteiger partial charge on any atom is -0.481 e. The lowest BCUT2D eigenvalue weighted by molar-refractivity contribution is -0.137. The van der Waals surface area contributed by atoms with Crippen LogP contribution in [0.3, 0.4) is 0 Å². The van der Waals surface area contributed by atoms with Crippen molar-refractivity contribution in [3.05, 3.63) is 40.9 Å². The van der Waals surface area contributed by atoms with Gasteiger partial charge in [-0.2, -0.15) is 0 Å². The monoisotopic (exact) mass is 377 g/mol. The summed E-state index contributed by atoms with van der Waals surface area (Å²) in [7, 11) is 2.84. The average Bonchev–Trinajstić information content (AvgIpc) is 3.13. The fourth-order valence-corrected chi connectivity index (χ4v) is 2.88. The average molecular weight is 377 g/mol. The smallest absolute Gasteiger partial charge is 0.357 e. The Labute approximate surface area is 154 Å². The molecule has 0 aliphatic carbocycles. The summed E-state index contributed by atoms with van der Waals surface area (Å²) < 4.78 is 4.65. The van der Waals surface area contributed by atoms with Crippen molar-refractivity contribution >= 4 is 29.3 Å². The van der Waals surface area contributed by atoms with Gasteiger partial charge in [0.15, 0.2) is 5.69 Å². The third-order valence-corrected chi connectivity index (χ3v) is 4.42. The van der Waals surface area contributed by atoms with E-state index in [1.165, 1.54) is 23.3 Å². The topological polar surface area (TPSA) is 109 Å². The molecular formula is C17H19N3O5S. The molecule has 0 atom stereocenters. The summed E-state index contributed by atoms with van der Waals surface area (Å²) in [6.07, 6.45) is -0.105. The number of rotatable bonds is 7. The molecule has 0 aliphatic rings. The van der Waals surface area contributed by atoms with Crippen molar-refractivity contribution < 1.29 is 24.2 Å². The van der Waals surface area contributed by atoms with Crippen LogP contribution in [0, 0.1) is 0 Å². The fourth-order valence-electron chi connectivity index (χ4n) is 2.10. The molecule has 8 nitrogen and oxygen atoms in total. The maximum absolute atomic E-state index is 12.0. The van der Waals surface area contributed by atoms with E-state index in [9.17, 15) is 14.4 Å². The lowest BCUT2D eigenvalue weighted by atomic mass is 10.1. The molecule has 2 amide bonds. The minimum absolute atomic E-state index is 0.105. The Hall–Kier alpha value is -2.94. The Morgan fingerprint density at radius 2 is 2.12 bits per heavy atom. The van der Waals surface area contributed by atoms with E-state index >= 15 is 0 Å². The van der Waals surface area contributed by atoms with Crippen molar-refractivity contribution in [1.29, 1.82) is 0 Å². The first kappa shape index (κ1) is 19.4. The van der Waals surface area contributed by atoms with Gasteiger partial charge in [0.2, 0.25) is 0 Å². The van der Waals surface area contributed by atoms with Gasteiger partial charge < -0.3 is 20.1 Å². The normalized spacial score (nSPS) is 10.2. The number of nitrogens with zero attached hydrogens (tertiary/aromatic N) is 2. The van der Waals surface area contributed by atoms with E-state index in [2.05, 4.69) is 15.0 Å². The molecule has 9 heteroatoms. The maximum atomic E-state index is 12.0. The zero-order chi connectivity index (χ0) is 19.1. The first-order valence-electron chi connectivity index (χ1n) is 7.74. The molecule has 2 rings (SSSR count). The van der Waals surface area contributed by atoms with Gasteiger partial charge in [0, 0.05) is 31.1 Å². The van der Waals surface area contributed by atoms with Gasteiger partial charge in [-0.3, -0.25) is 4.79 Å². The number of aromatic nitrogens is 1. The van der Waals surface area contributed by atoms with Crippen molar-refractivity contribution in [2.45, 2.75) is 13.0 Å². The third kappa shape index (κ3) is 5.28. The van der Waals surface area contributed by atoms with Crippen LogP contribution in [0.15, 0.2) is 29.6 Å². The van der Waals surface area contributed by atoms with Crippen LogP contribution in [0.1, 0.15) is 22.5 Å². The van der Waals surface area contributed by atoms with E-state index in [4.69, 9.17) is 5.11 Å². The van der Waals surface area contributed by atoms with Crippen LogP contribution in [0.5, 0.6) is 0 Å². The zero-order valence-electron chi connectivity index (χ0n) is 14.4. The van der Waals surface area contributed by atoms with Gasteiger partial charge in [-0.05, 0) is 11.6 Å². The van der Waals surface area contributed by atoms with Gasteiger partial charge >= 0.3 is 18.0 Å². The molecule has 2 aromatic rings. The summed E-state index contributed by atoms with van der Waals surface area (Å²) in [5.41, 5.74) is 1.94. The molecule has 138 valence electrons. The van der Waals surface area contributed by atoms with E-state index in [1.807, 2.05) is 24.3 Å². The van der Waals surface area contributed by atoms with Crippen LogP contribution >= 0.6 is 11.3 Å². The largest absolute Gasteiger partial charge is 0.481 e. The second-order valence-corrected chi connectivity index (χ2v) is 6.31. The van der Waals surface area contributed by atoms with Gasteiger partial charge in [-0.15, -0.1) is 11.3 Å². The molecule has 0 aliphatic heterocycles. The molecular weight excluding hydrogens is 358 g/mol. The summed E-state index contributed by atoms with van der Waals surface area (Å²) in [6.45, 7) is 0.427. The van der Waals surface area contributed by atoms with Crippen molar-refractivity contribution in [2.75, 3.05) is 20.7 Å². The van der Waals surface area contributed by atoms with Crippen LogP contribution in [0.2, 0.25) is 0 Å². The van der Waals surface area contributed by atoms with Crippen molar-refractivity contribution in [3.8, 4) is 10.6 Å². The number of carbonyl (C=O) groups excluding carboxylic acids is 2. The number of carbonyl (C=O) groups is 3. The van der Waals surface area contributed by atoms with E-state index in [-0.39, 0.29) is 24.7 Å². The van der Waals surface area contributed by atoms with E-state index in [0.717, 1.165) is 11.1 Å². The second kappa shape index (κ2) is 8.95. The molecule has 26 heavy (non-hydrogen) atoms. The van der Waals surface area contributed by atoms with Gasteiger partial charge in [0.25, 0.3) is 0 Å². The molecule has 1 aromatic carbocycles. The molecule has 1 heterocycles. The Bertz CT molecular complexity index is 805. The summed E-state index contributed by atoms with van der Waals surface area (Å²) in [4.78, 5) is 39.6. The number of benzene rings is 1. The predicted molar refractivity (Wildman–Crippen MR) is 96.0 cm³/mol. The van der Waals surface area contributed by atoms with Gasteiger partial charge in [0.05, 0.1) is 13.5 Å². The number of esters is 1. The van der Waals surface area contributed by atoms with E-state index in [0.29, 0.717) is 11.6 Å². The quantitative estimate of drug-likeness (QED) is 0.716. The molecule has 0 spiro atoms. The number of carboxylic acid groups (broad SMARTS) is 1. The third-order valence-electron chi connectivity index (χ3n) is 3.52. The SMILES string of the molecule is COC(=O)c1csc(-c2cccc(CNC(=O)N(C)CCC(=O)O)c2)n1. The van der Waals surface area contributed by atoms with Crippen LogP contribution < -0.4 is 5.32 Å². The highest BCUT2D eigenvalue weighted by atomic mass is 32.1. The van der Waals surface area contributed by atoms with Gasteiger partial charge in [-0.25, -0.2) is 14.6 Å². The molecule has 0 saturated carbocycles. The highest BCUT2D eigenvalue weighted by Crippen LogP contribution is 2.24. The Kier molecular flexibility index (Phi) is 6.67. The summed E-state index contributed by atoms with van der Waals surface area (Å²) in [6, 6.07) is 7.08. The van der Waals surface area contributed by atoms with Crippen LogP contribution in [0.25, 0.3) is 10.6 Å². The van der Waals surface area contributed by atoms with Crippen LogP contribution in [0.4, 0.5) is 4.79 Å². The molecule has 0 bridgehead atoms. The number of ether oxygens (including phenoxy) is 1. The maximum Gasteiger partial charge on any atom is 0.357 e. The molecule has 1 aromatic heterocycles. The fraction of sp³-hybridized carbons (Fsp3) is 0.294. The lowest BCUT2D eigenvalue weighted by Gasteiger charge is -2.17. The second-order valence-electron chi connectivity index (χ2n) is 5.45. The first-order chi connectivity index (χ1) is 12.4. The van der Waals surface area contributed by atoms with Crippen LogP contribution in [-0.4, -0.2) is 53.7 Å². The predicted octanol–water partition coefficient (Wildman–Crippen LogP) is 2.21. The number of carboxylic acids is 1. The number of methoxy groups -OCH3 is 1. The summed E-state index contributed by atoms with van der Waals surface area (Å²) in [5.74, 6) is -1.44. The van der Waals surface area contributed by atoms with Crippen molar-refractivity contribution in [2.24, 2.45) is 0 Å². The van der Waals surface area contributed by atoms with Crippen molar-refractivity contribution in [1.82, 2.24) is 15.2 Å². The van der Waals surface area contributed by atoms with E-state index in [1.54, 1.807) is 12.4 Å². The molecule has 0 unspecified atom stereocenters. The number of urea groups is 1. The lowest BCUT2D eigenvalue weighted by Crippen LogP contribution is -2.37. The Morgan fingerprint density at radius 1 is 1.35 bits per heavy atom. The standard InChI is InChI=1S/C17H19N3O5S/c1-20(7-6-14(21)22)17(24)18-9-11-4-3-5-12(8-11)15-19-13(10-26-15)16(23)25-2/h3-5,8,10H,6-7,9H2,1-2H3,(H,18,24)(H,21,22). The molecule has 0 fully saturated rings. The highest BCUT2D eigenvalue weighted by Gasteiger charge is 2.13. The number of hydrogen-bond acceptors (Lipinski definition) is 6. The van der Waals surface area contributed by atoms with Gasteiger partial charge in [0.1, 0.15) is 5.01 Å². The minimum atomic E-state index is -0.952. The Balaban J connectivity index is 1.98. The number of thiazole rings is 1. The zero-order valence-corrected chi connectivity index (χ0v) is 15.2. The number of nitrogens with one attached hydrogen (secondary N) is 1. The number of aliphatic carboxylic acids is 1. The van der Waals surface area contributed by atoms with Gasteiger partial charge in [-0.1, -0.05) is 18.2 Å². The molecule has 2 N–H and O–H groups in total. The highest BCUT2D eigenvalue weighted by molar-refractivity contribution is 7.13. The molecule has 0 saturated heterocycles. The number of amides is 2. The number of hydrogen-bond donors (Lipinski definition) is 2. The Morgan fingerprint density at radius 3 is 2.81 bits per heavy atom. The summed E-state index contributed by atoms with van der Waals surface area (Å²) in [5, 5.41) is 13.7. The van der Waals surface area contributed by atoms with E-state index < -0.39 is 11.9 Å². The summed E-state index contributed by atoms with van der Waals surface area (Å²) >= 11 is 1.33. The van der Waals surface area contributed by atoms with Crippen LogP contribution in [-0.2, 0) is 16.1 Å². The van der Waals surface area contributed by atoms with Crippen molar-refractivity contribution in [3.63, 3.8) is 0 Å².